The van der Waals surface area contributed by atoms with Crippen molar-refractivity contribution in [2.75, 3.05) is 4.90 Å². The van der Waals surface area contributed by atoms with Gasteiger partial charge in [-0.3, -0.25) is 19.8 Å². The highest BCUT2D eigenvalue weighted by Crippen LogP contribution is 2.37. The normalized spacial score (nSPS) is 13.8. The van der Waals surface area contributed by atoms with Gasteiger partial charge in [-0.15, -0.1) is 10.2 Å². The predicted molar refractivity (Wildman–Crippen MR) is 88.7 cm³/mol. The first-order chi connectivity index (χ1) is 11.1. The molecule has 3 rings (SSSR count). The number of benzene rings is 1. The van der Waals surface area contributed by atoms with Gasteiger partial charge in [0, 0.05) is 30.3 Å². The second-order valence-corrected chi connectivity index (χ2v) is 7.32. The van der Waals surface area contributed by atoms with E-state index >= 15 is 0 Å². The highest BCUT2D eigenvalue weighted by atomic mass is 32.2. The molecule has 0 spiro atoms. The fourth-order valence-electron chi connectivity index (χ4n) is 2.19. The summed E-state index contributed by atoms with van der Waals surface area (Å²) in [5.74, 6) is 0.411. The number of para-hydroxylation sites is 1. The number of thioether (sulfide) groups is 1. The lowest BCUT2D eigenvalue weighted by Crippen LogP contribution is -2.30. The van der Waals surface area contributed by atoms with E-state index in [9.17, 15) is 14.9 Å². The number of carbonyl (C=O) groups is 1. The molecule has 1 aromatic heterocycles. The zero-order valence-corrected chi connectivity index (χ0v) is 14.0. The topological polar surface area (TPSA) is 89.2 Å². The van der Waals surface area contributed by atoms with Crippen LogP contribution in [-0.2, 0) is 10.5 Å². The lowest BCUT2D eigenvalue weighted by molar-refractivity contribution is -0.385. The van der Waals surface area contributed by atoms with Gasteiger partial charge in [-0.1, -0.05) is 41.3 Å². The molecule has 1 amide bonds. The molecule has 1 aliphatic carbocycles. The summed E-state index contributed by atoms with van der Waals surface area (Å²) >= 11 is 2.74. The average molecular weight is 350 g/mol. The van der Waals surface area contributed by atoms with Crippen LogP contribution in [0.1, 0.15) is 25.3 Å². The maximum absolute atomic E-state index is 11.7. The molecule has 0 bridgehead atoms. The van der Waals surface area contributed by atoms with Crippen molar-refractivity contribution >= 4 is 39.8 Å². The molecule has 1 heterocycles. The molecule has 0 N–H and O–H groups in total. The first-order valence-corrected chi connectivity index (χ1v) is 8.85. The van der Waals surface area contributed by atoms with Gasteiger partial charge in [-0.2, -0.15) is 0 Å². The van der Waals surface area contributed by atoms with E-state index in [0.717, 1.165) is 12.8 Å². The third kappa shape index (κ3) is 3.67. The Morgan fingerprint density at radius 3 is 2.83 bits per heavy atom. The fraction of sp³-hybridized carbons (Fsp3) is 0.357. The Labute approximate surface area is 140 Å². The maximum atomic E-state index is 11.7. The molecule has 120 valence electrons. The standard InChI is InChI=1S/C14H14N4O3S2/c1-9(19)17(11-6-7-11)13-15-16-14(23-13)22-8-10-4-2-3-5-12(10)18(20)21/h2-5,11H,6-8H2,1H3. The molecule has 1 aromatic carbocycles. The van der Waals surface area contributed by atoms with Gasteiger partial charge >= 0.3 is 0 Å². The number of aromatic nitrogens is 2. The Bertz CT molecular complexity index is 745. The van der Waals surface area contributed by atoms with Crippen molar-refractivity contribution < 1.29 is 9.72 Å². The van der Waals surface area contributed by atoms with Crippen LogP contribution in [0.3, 0.4) is 0 Å². The molecule has 7 nitrogen and oxygen atoms in total. The van der Waals surface area contributed by atoms with E-state index in [1.54, 1.807) is 23.1 Å². The fourth-order valence-corrected chi connectivity index (χ4v) is 4.14. The van der Waals surface area contributed by atoms with Gasteiger partial charge in [-0.25, -0.2) is 0 Å². The van der Waals surface area contributed by atoms with Crippen molar-refractivity contribution in [3.8, 4) is 0 Å². The summed E-state index contributed by atoms with van der Waals surface area (Å²) in [6, 6.07) is 6.90. The Hall–Kier alpha value is -2.00. The Kier molecular flexibility index (Phi) is 4.58. The summed E-state index contributed by atoms with van der Waals surface area (Å²) < 4.78 is 0.699. The maximum Gasteiger partial charge on any atom is 0.273 e. The number of rotatable bonds is 6. The molecule has 0 saturated heterocycles. The molecule has 0 radical (unpaired) electrons. The molecular weight excluding hydrogens is 336 g/mol. The second-order valence-electron chi connectivity index (χ2n) is 5.15. The second kappa shape index (κ2) is 6.63. The van der Waals surface area contributed by atoms with Crippen molar-refractivity contribution in [2.24, 2.45) is 0 Å². The minimum atomic E-state index is -0.383. The van der Waals surface area contributed by atoms with E-state index in [0.29, 0.717) is 20.8 Å². The first kappa shape index (κ1) is 15.9. The first-order valence-electron chi connectivity index (χ1n) is 7.04. The lowest BCUT2D eigenvalue weighted by Gasteiger charge is -2.15. The molecule has 0 atom stereocenters. The van der Waals surface area contributed by atoms with E-state index in [1.165, 1.54) is 36.1 Å². The van der Waals surface area contributed by atoms with E-state index in [-0.39, 0.29) is 22.6 Å². The summed E-state index contributed by atoms with van der Waals surface area (Å²) in [6.07, 6.45) is 2.00. The molecule has 1 saturated carbocycles. The number of nitro groups is 1. The number of nitrogens with zero attached hydrogens (tertiary/aromatic N) is 4. The van der Waals surface area contributed by atoms with Crippen LogP contribution >= 0.6 is 23.1 Å². The van der Waals surface area contributed by atoms with E-state index in [1.807, 2.05) is 0 Å². The third-order valence-corrected chi connectivity index (χ3v) is 5.50. The number of hydrogen-bond acceptors (Lipinski definition) is 7. The third-order valence-electron chi connectivity index (χ3n) is 3.39. The summed E-state index contributed by atoms with van der Waals surface area (Å²) in [7, 11) is 0. The average Bonchev–Trinajstić information content (AvgIpc) is 3.23. The quantitative estimate of drug-likeness (QED) is 0.344. The van der Waals surface area contributed by atoms with Crippen LogP contribution in [-0.4, -0.2) is 27.1 Å². The van der Waals surface area contributed by atoms with E-state index in [2.05, 4.69) is 10.2 Å². The van der Waals surface area contributed by atoms with Crippen LogP contribution in [0.5, 0.6) is 0 Å². The lowest BCUT2D eigenvalue weighted by atomic mass is 10.2. The SMILES string of the molecule is CC(=O)N(c1nnc(SCc2ccccc2[N+](=O)[O-])s1)C1CC1. The van der Waals surface area contributed by atoms with Crippen LogP contribution in [0.25, 0.3) is 0 Å². The number of nitro benzene ring substituents is 1. The highest BCUT2D eigenvalue weighted by molar-refractivity contribution is 8.00. The van der Waals surface area contributed by atoms with Gasteiger partial charge in [0.15, 0.2) is 4.34 Å². The van der Waals surface area contributed by atoms with Crippen LogP contribution < -0.4 is 4.90 Å². The predicted octanol–water partition coefficient (Wildman–Crippen LogP) is 3.25. The van der Waals surface area contributed by atoms with Gasteiger partial charge in [0.25, 0.3) is 5.69 Å². The summed E-state index contributed by atoms with van der Waals surface area (Å²) in [6.45, 7) is 1.53. The molecular formula is C14H14N4O3S2. The molecule has 0 unspecified atom stereocenters. The van der Waals surface area contributed by atoms with Crippen LogP contribution in [0.4, 0.5) is 10.8 Å². The van der Waals surface area contributed by atoms with Crippen molar-refractivity contribution in [1.29, 1.82) is 0 Å². The minimum absolute atomic E-state index is 0.0288. The smallest absolute Gasteiger partial charge is 0.273 e. The van der Waals surface area contributed by atoms with Crippen molar-refractivity contribution in [3.05, 3.63) is 39.9 Å². The van der Waals surface area contributed by atoms with Gasteiger partial charge in [0.05, 0.1) is 4.92 Å². The largest absolute Gasteiger partial charge is 0.284 e. The summed E-state index contributed by atoms with van der Waals surface area (Å²) in [5.41, 5.74) is 0.748. The number of amides is 1. The number of carbonyl (C=O) groups excluding carboxylic acids is 1. The summed E-state index contributed by atoms with van der Waals surface area (Å²) in [5, 5.41) is 19.8. The molecule has 1 fully saturated rings. The zero-order valence-electron chi connectivity index (χ0n) is 12.3. The van der Waals surface area contributed by atoms with Crippen LogP contribution in [0.2, 0.25) is 0 Å². The Morgan fingerprint density at radius 1 is 1.43 bits per heavy atom. The minimum Gasteiger partial charge on any atom is -0.284 e. The monoisotopic (exact) mass is 350 g/mol. The molecule has 0 aliphatic heterocycles. The van der Waals surface area contributed by atoms with Crippen LogP contribution in [0, 0.1) is 10.1 Å². The Balaban J connectivity index is 1.70. The van der Waals surface area contributed by atoms with Gasteiger partial charge in [0.1, 0.15) is 0 Å². The molecule has 23 heavy (non-hydrogen) atoms. The summed E-state index contributed by atoms with van der Waals surface area (Å²) in [4.78, 5) is 24.0. The molecule has 1 aliphatic rings. The zero-order chi connectivity index (χ0) is 16.4. The van der Waals surface area contributed by atoms with Crippen LogP contribution in [0.15, 0.2) is 28.6 Å². The van der Waals surface area contributed by atoms with Crippen molar-refractivity contribution in [1.82, 2.24) is 10.2 Å². The van der Waals surface area contributed by atoms with Crippen molar-refractivity contribution in [3.63, 3.8) is 0 Å². The highest BCUT2D eigenvalue weighted by Gasteiger charge is 2.34. The molecule has 9 heteroatoms. The number of anilines is 1. The van der Waals surface area contributed by atoms with Gasteiger partial charge in [0.2, 0.25) is 11.0 Å². The molecule has 2 aromatic rings. The Morgan fingerprint density at radius 2 is 2.17 bits per heavy atom. The van der Waals surface area contributed by atoms with E-state index in [4.69, 9.17) is 0 Å². The number of hydrogen-bond donors (Lipinski definition) is 0. The van der Waals surface area contributed by atoms with Crippen molar-refractivity contribution in [2.45, 2.75) is 35.9 Å². The van der Waals surface area contributed by atoms with Gasteiger partial charge in [-0.05, 0) is 12.8 Å². The van der Waals surface area contributed by atoms with E-state index < -0.39 is 0 Å². The van der Waals surface area contributed by atoms with Gasteiger partial charge < -0.3 is 0 Å².